The van der Waals surface area contributed by atoms with E-state index in [1.807, 2.05) is 6.20 Å². The molecule has 0 spiro atoms. The Labute approximate surface area is 81.9 Å². The highest BCUT2D eigenvalue weighted by Crippen LogP contribution is 2.27. The van der Waals surface area contributed by atoms with Crippen LogP contribution in [0, 0.1) is 0 Å². The molecule has 1 N–H and O–H groups in total. The number of fused-ring (bicyclic) bond motifs is 1. The van der Waals surface area contributed by atoms with E-state index in [1.54, 1.807) is 0 Å². The first kappa shape index (κ1) is 8.20. The number of nitrogens with zero attached hydrogens (tertiary/aromatic N) is 1. The van der Waals surface area contributed by atoms with Gasteiger partial charge >= 0.3 is 0 Å². The summed E-state index contributed by atoms with van der Waals surface area (Å²) >= 11 is 0. The molecule has 74 valence electrons. The lowest BCUT2D eigenvalue weighted by Gasteiger charge is -2.17. The van der Waals surface area contributed by atoms with Crippen molar-refractivity contribution in [2.75, 3.05) is 13.2 Å². The van der Waals surface area contributed by atoms with Gasteiger partial charge in [-0.05, 0) is 24.5 Å². The van der Waals surface area contributed by atoms with Crippen molar-refractivity contribution in [1.29, 1.82) is 0 Å². The van der Waals surface area contributed by atoms with Crippen LogP contribution in [-0.4, -0.2) is 29.7 Å². The molecule has 2 aliphatic rings. The predicted molar refractivity (Wildman–Crippen MR) is 50.6 cm³/mol. The lowest BCUT2D eigenvalue weighted by molar-refractivity contribution is -0.0127. The third-order valence-corrected chi connectivity index (χ3v) is 2.68. The van der Waals surface area contributed by atoms with Gasteiger partial charge in [-0.3, -0.25) is 5.10 Å². The SMILES string of the molecule is C1=C(C2OCCO2)CCc2[nH]ncc21. The maximum Gasteiger partial charge on any atom is 0.180 e. The van der Waals surface area contributed by atoms with Crippen molar-refractivity contribution >= 4 is 6.08 Å². The normalized spacial score (nSPS) is 22.1. The van der Waals surface area contributed by atoms with Crippen LogP contribution < -0.4 is 0 Å². The highest BCUT2D eigenvalue weighted by atomic mass is 16.7. The molecule has 0 amide bonds. The minimum Gasteiger partial charge on any atom is -0.346 e. The Morgan fingerprint density at radius 2 is 2.14 bits per heavy atom. The molecule has 0 saturated carbocycles. The molecule has 2 heterocycles. The average Bonchev–Trinajstić information content (AvgIpc) is 2.88. The zero-order valence-corrected chi connectivity index (χ0v) is 7.82. The van der Waals surface area contributed by atoms with Crippen molar-refractivity contribution in [3.8, 4) is 0 Å². The third-order valence-electron chi connectivity index (χ3n) is 2.68. The van der Waals surface area contributed by atoms with E-state index in [0.717, 1.165) is 12.8 Å². The Bertz CT molecular complexity index is 364. The number of H-pyrrole nitrogens is 1. The second-order valence-electron chi connectivity index (χ2n) is 3.60. The second kappa shape index (κ2) is 3.22. The van der Waals surface area contributed by atoms with Crippen molar-refractivity contribution < 1.29 is 9.47 Å². The van der Waals surface area contributed by atoms with E-state index in [-0.39, 0.29) is 6.29 Å². The minimum atomic E-state index is -0.113. The number of rotatable bonds is 1. The van der Waals surface area contributed by atoms with Crippen LogP contribution in [0.4, 0.5) is 0 Å². The molecule has 0 atom stereocenters. The molecular formula is C10H12N2O2. The number of aromatic nitrogens is 2. The molecule has 1 aromatic rings. The van der Waals surface area contributed by atoms with Crippen LogP contribution in [0.3, 0.4) is 0 Å². The predicted octanol–water partition coefficient (Wildman–Crippen LogP) is 1.11. The number of hydrogen-bond acceptors (Lipinski definition) is 3. The van der Waals surface area contributed by atoms with Gasteiger partial charge in [0.1, 0.15) is 0 Å². The van der Waals surface area contributed by atoms with Gasteiger partial charge < -0.3 is 9.47 Å². The van der Waals surface area contributed by atoms with Gasteiger partial charge in [-0.2, -0.15) is 5.10 Å². The highest BCUT2D eigenvalue weighted by Gasteiger charge is 2.23. The van der Waals surface area contributed by atoms with Gasteiger partial charge in [-0.1, -0.05) is 0 Å². The summed E-state index contributed by atoms with van der Waals surface area (Å²) in [6.07, 6.45) is 5.87. The Morgan fingerprint density at radius 1 is 1.29 bits per heavy atom. The molecule has 3 rings (SSSR count). The molecule has 0 aromatic carbocycles. The average molecular weight is 192 g/mol. The highest BCUT2D eigenvalue weighted by molar-refractivity contribution is 5.57. The van der Waals surface area contributed by atoms with Crippen LogP contribution >= 0.6 is 0 Å². The lowest BCUT2D eigenvalue weighted by atomic mass is 9.98. The maximum absolute atomic E-state index is 5.46. The molecule has 0 bridgehead atoms. The van der Waals surface area contributed by atoms with Gasteiger partial charge in [0.25, 0.3) is 0 Å². The lowest BCUT2D eigenvalue weighted by Crippen LogP contribution is -2.14. The monoisotopic (exact) mass is 192 g/mol. The summed E-state index contributed by atoms with van der Waals surface area (Å²) in [6, 6.07) is 0. The number of aromatic amines is 1. The Kier molecular flexibility index (Phi) is 1.89. The summed E-state index contributed by atoms with van der Waals surface area (Å²) in [5.41, 5.74) is 3.62. The van der Waals surface area contributed by atoms with E-state index >= 15 is 0 Å². The third kappa shape index (κ3) is 1.27. The quantitative estimate of drug-likeness (QED) is 0.725. The molecule has 1 aliphatic carbocycles. The summed E-state index contributed by atoms with van der Waals surface area (Å²) in [5.74, 6) is 0. The van der Waals surface area contributed by atoms with Crippen LogP contribution in [0.2, 0.25) is 0 Å². The van der Waals surface area contributed by atoms with Gasteiger partial charge in [0.05, 0.1) is 19.4 Å². The van der Waals surface area contributed by atoms with Crippen molar-refractivity contribution in [3.05, 3.63) is 23.0 Å². The molecule has 1 aromatic heterocycles. The summed E-state index contributed by atoms with van der Waals surface area (Å²) in [6.45, 7) is 1.42. The number of aryl methyl sites for hydroxylation is 1. The van der Waals surface area contributed by atoms with E-state index in [9.17, 15) is 0 Å². The van der Waals surface area contributed by atoms with Crippen molar-refractivity contribution in [1.82, 2.24) is 10.2 Å². The molecule has 0 radical (unpaired) electrons. The summed E-state index contributed by atoms with van der Waals surface area (Å²) in [5, 5.41) is 7.01. The van der Waals surface area contributed by atoms with E-state index in [4.69, 9.17) is 9.47 Å². The smallest absolute Gasteiger partial charge is 0.180 e. The first-order valence-electron chi connectivity index (χ1n) is 4.89. The largest absolute Gasteiger partial charge is 0.346 e. The first-order chi connectivity index (χ1) is 6.93. The van der Waals surface area contributed by atoms with Gasteiger partial charge in [0.2, 0.25) is 0 Å². The Hall–Kier alpha value is -1.13. The molecular weight excluding hydrogens is 180 g/mol. The van der Waals surface area contributed by atoms with Crippen LogP contribution in [0.1, 0.15) is 17.7 Å². The van der Waals surface area contributed by atoms with Crippen LogP contribution in [-0.2, 0) is 15.9 Å². The van der Waals surface area contributed by atoms with Gasteiger partial charge in [-0.15, -0.1) is 0 Å². The topological polar surface area (TPSA) is 47.1 Å². The molecule has 14 heavy (non-hydrogen) atoms. The molecule has 1 saturated heterocycles. The van der Waals surface area contributed by atoms with Crippen LogP contribution in [0.5, 0.6) is 0 Å². The summed E-state index contributed by atoms with van der Waals surface area (Å²) in [7, 11) is 0. The number of nitrogens with one attached hydrogen (secondary N) is 1. The zero-order chi connectivity index (χ0) is 9.38. The number of hydrogen-bond donors (Lipinski definition) is 1. The molecule has 4 nitrogen and oxygen atoms in total. The fourth-order valence-corrected chi connectivity index (χ4v) is 1.95. The van der Waals surface area contributed by atoms with E-state index in [2.05, 4.69) is 16.3 Å². The second-order valence-corrected chi connectivity index (χ2v) is 3.60. The van der Waals surface area contributed by atoms with Crippen LogP contribution in [0.15, 0.2) is 11.8 Å². The van der Waals surface area contributed by atoms with Crippen molar-refractivity contribution in [2.45, 2.75) is 19.1 Å². The molecule has 4 heteroatoms. The van der Waals surface area contributed by atoms with E-state index in [1.165, 1.54) is 16.8 Å². The molecule has 0 unspecified atom stereocenters. The standard InChI is InChI=1S/C10H12N2O2/c1-2-9-8(6-11-12-9)5-7(1)10-13-3-4-14-10/h5-6,10H,1-4H2,(H,11,12). The Morgan fingerprint density at radius 3 is 3.00 bits per heavy atom. The fraction of sp³-hybridized carbons (Fsp3) is 0.500. The zero-order valence-electron chi connectivity index (χ0n) is 7.82. The first-order valence-corrected chi connectivity index (χ1v) is 4.89. The van der Waals surface area contributed by atoms with Gasteiger partial charge in [0.15, 0.2) is 6.29 Å². The molecule has 1 aliphatic heterocycles. The summed E-state index contributed by atoms with van der Waals surface area (Å²) < 4.78 is 10.9. The van der Waals surface area contributed by atoms with E-state index < -0.39 is 0 Å². The van der Waals surface area contributed by atoms with Gasteiger partial charge in [0, 0.05) is 11.3 Å². The van der Waals surface area contributed by atoms with Crippen molar-refractivity contribution in [2.24, 2.45) is 0 Å². The van der Waals surface area contributed by atoms with Crippen molar-refractivity contribution in [3.63, 3.8) is 0 Å². The van der Waals surface area contributed by atoms with Crippen LogP contribution in [0.25, 0.3) is 6.08 Å². The molecule has 1 fully saturated rings. The fourth-order valence-electron chi connectivity index (χ4n) is 1.95. The maximum atomic E-state index is 5.46. The van der Waals surface area contributed by atoms with Gasteiger partial charge in [-0.25, -0.2) is 0 Å². The Balaban J connectivity index is 1.88. The summed E-state index contributed by atoms with van der Waals surface area (Å²) in [4.78, 5) is 0. The minimum absolute atomic E-state index is 0.113. The van der Waals surface area contributed by atoms with E-state index in [0.29, 0.717) is 13.2 Å². The number of ether oxygens (including phenoxy) is 2.